The van der Waals surface area contributed by atoms with E-state index in [9.17, 15) is 9.59 Å². The lowest BCUT2D eigenvalue weighted by Gasteiger charge is -2.35. The summed E-state index contributed by atoms with van der Waals surface area (Å²) in [5.41, 5.74) is 1.13. The highest BCUT2D eigenvalue weighted by atomic mass is 32.1. The van der Waals surface area contributed by atoms with Gasteiger partial charge >= 0.3 is 0 Å². The number of nitrogens with zero attached hydrogens (tertiary/aromatic N) is 2. The molecule has 0 aliphatic carbocycles. The van der Waals surface area contributed by atoms with Gasteiger partial charge in [0.2, 0.25) is 5.91 Å². The van der Waals surface area contributed by atoms with Crippen LogP contribution in [0.2, 0.25) is 0 Å². The van der Waals surface area contributed by atoms with Crippen LogP contribution >= 0.6 is 11.3 Å². The Hall–Kier alpha value is -1.40. The predicted molar refractivity (Wildman–Crippen MR) is 91.8 cm³/mol. The minimum absolute atomic E-state index is 0.0561. The zero-order chi connectivity index (χ0) is 16.4. The van der Waals surface area contributed by atoms with Crippen molar-refractivity contribution >= 4 is 23.2 Å². The zero-order valence-corrected chi connectivity index (χ0v) is 14.7. The topological polar surface area (TPSA) is 52.7 Å². The van der Waals surface area contributed by atoms with E-state index in [1.807, 2.05) is 23.4 Å². The molecule has 5 nitrogen and oxygen atoms in total. The van der Waals surface area contributed by atoms with Gasteiger partial charge in [0, 0.05) is 32.7 Å². The van der Waals surface area contributed by atoms with Crippen molar-refractivity contribution in [2.75, 3.05) is 26.7 Å². The van der Waals surface area contributed by atoms with Gasteiger partial charge in [-0.3, -0.25) is 14.5 Å². The molecule has 3 rings (SSSR count). The van der Waals surface area contributed by atoms with Gasteiger partial charge in [0.05, 0.1) is 10.9 Å². The van der Waals surface area contributed by atoms with Gasteiger partial charge in [0.25, 0.3) is 5.91 Å². The van der Waals surface area contributed by atoms with Gasteiger partial charge in [0.15, 0.2) is 0 Å². The van der Waals surface area contributed by atoms with Crippen LogP contribution in [0.4, 0.5) is 0 Å². The van der Waals surface area contributed by atoms with Crippen LogP contribution in [0.1, 0.15) is 41.4 Å². The number of amides is 2. The predicted octanol–water partition coefficient (Wildman–Crippen LogP) is 1.74. The van der Waals surface area contributed by atoms with Crippen molar-refractivity contribution < 1.29 is 9.59 Å². The Morgan fingerprint density at radius 1 is 1.30 bits per heavy atom. The van der Waals surface area contributed by atoms with E-state index < -0.39 is 0 Å². The first-order valence-electron chi connectivity index (χ1n) is 8.46. The molecule has 23 heavy (non-hydrogen) atoms. The molecule has 1 aromatic rings. The molecule has 2 aliphatic rings. The van der Waals surface area contributed by atoms with Crippen molar-refractivity contribution in [2.45, 2.75) is 44.7 Å². The van der Waals surface area contributed by atoms with Crippen LogP contribution in [0.25, 0.3) is 0 Å². The van der Waals surface area contributed by atoms with Crippen LogP contribution < -0.4 is 5.32 Å². The number of aryl methyl sites for hydroxylation is 1. The number of likely N-dealkylation sites (tertiary alicyclic amines) is 2. The maximum absolute atomic E-state index is 12.4. The number of thiophene rings is 1. The van der Waals surface area contributed by atoms with Gasteiger partial charge in [0.1, 0.15) is 0 Å². The Morgan fingerprint density at radius 3 is 2.65 bits per heavy atom. The molecular formula is C17H25N3O2S. The SMILES string of the molecule is CCc1ccsc1C(=O)NC1CCN(C2CCN(C)C2=O)CC1. The standard InChI is InChI=1S/C17H25N3O2S/c1-3-12-7-11-23-15(12)16(21)18-13-4-9-20(10-5-13)14-6-8-19(2)17(14)22/h7,11,13-14H,3-6,8-10H2,1-2H3,(H,18,21). The molecule has 2 amide bonds. The third kappa shape index (κ3) is 3.43. The van der Waals surface area contributed by atoms with E-state index in [1.165, 1.54) is 11.3 Å². The second-order valence-electron chi connectivity index (χ2n) is 6.48. The molecule has 0 aromatic carbocycles. The molecule has 3 heterocycles. The minimum atomic E-state index is 0.0561. The van der Waals surface area contributed by atoms with Gasteiger partial charge in [-0.2, -0.15) is 0 Å². The molecule has 1 aromatic heterocycles. The highest BCUT2D eigenvalue weighted by Gasteiger charge is 2.35. The quantitative estimate of drug-likeness (QED) is 0.912. The van der Waals surface area contributed by atoms with Crippen LogP contribution in [0.3, 0.4) is 0 Å². The molecule has 2 saturated heterocycles. The Labute approximate surface area is 141 Å². The van der Waals surface area contributed by atoms with Crippen molar-refractivity contribution in [1.29, 1.82) is 0 Å². The molecular weight excluding hydrogens is 310 g/mol. The summed E-state index contributed by atoms with van der Waals surface area (Å²) in [7, 11) is 1.88. The first-order valence-corrected chi connectivity index (χ1v) is 9.34. The molecule has 0 bridgehead atoms. The van der Waals surface area contributed by atoms with Crippen LogP contribution in [-0.4, -0.2) is 60.4 Å². The molecule has 1 atom stereocenters. The van der Waals surface area contributed by atoms with Crippen molar-refractivity contribution in [1.82, 2.24) is 15.1 Å². The van der Waals surface area contributed by atoms with Crippen LogP contribution in [0.15, 0.2) is 11.4 Å². The van der Waals surface area contributed by atoms with E-state index in [4.69, 9.17) is 0 Å². The van der Waals surface area contributed by atoms with E-state index in [-0.39, 0.29) is 23.9 Å². The molecule has 2 fully saturated rings. The third-order valence-electron chi connectivity index (χ3n) is 5.04. The van der Waals surface area contributed by atoms with Crippen LogP contribution in [0, 0.1) is 0 Å². The fraction of sp³-hybridized carbons (Fsp3) is 0.647. The van der Waals surface area contributed by atoms with Crippen LogP contribution in [-0.2, 0) is 11.2 Å². The molecule has 2 aliphatic heterocycles. The number of rotatable bonds is 4. The van der Waals surface area contributed by atoms with Gasteiger partial charge in [-0.25, -0.2) is 0 Å². The average Bonchev–Trinajstić information content (AvgIpc) is 3.16. The van der Waals surface area contributed by atoms with Crippen molar-refractivity contribution in [2.24, 2.45) is 0 Å². The first-order chi connectivity index (χ1) is 11.1. The smallest absolute Gasteiger partial charge is 0.261 e. The summed E-state index contributed by atoms with van der Waals surface area (Å²) >= 11 is 1.52. The molecule has 0 radical (unpaired) electrons. The maximum atomic E-state index is 12.4. The summed E-state index contributed by atoms with van der Waals surface area (Å²) in [6.45, 7) is 4.71. The fourth-order valence-corrected chi connectivity index (χ4v) is 4.46. The summed E-state index contributed by atoms with van der Waals surface area (Å²) in [4.78, 5) is 29.5. The third-order valence-corrected chi connectivity index (χ3v) is 5.99. The van der Waals surface area contributed by atoms with E-state index in [2.05, 4.69) is 17.1 Å². The lowest BCUT2D eigenvalue weighted by Crippen LogP contribution is -2.50. The Morgan fingerprint density at radius 2 is 2.04 bits per heavy atom. The van der Waals surface area contributed by atoms with Crippen molar-refractivity contribution in [3.63, 3.8) is 0 Å². The lowest BCUT2D eigenvalue weighted by molar-refractivity contribution is -0.131. The second kappa shape index (κ2) is 7.01. The van der Waals surface area contributed by atoms with E-state index in [0.717, 1.165) is 55.8 Å². The van der Waals surface area contributed by atoms with E-state index >= 15 is 0 Å². The summed E-state index contributed by atoms with van der Waals surface area (Å²) in [6.07, 6.45) is 3.67. The zero-order valence-electron chi connectivity index (χ0n) is 13.9. The lowest BCUT2D eigenvalue weighted by atomic mass is 10.0. The van der Waals surface area contributed by atoms with Gasteiger partial charge in [-0.05, 0) is 42.7 Å². The van der Waals surface area contributed by atoms with Gasteiger partial charge in [-0.1, -0.05) is 6.92 Å². The fourth-order valence-electron chi connectivity index (χ4n) is 3.56. The molecule has 6 heteroatoms. The number of piperidine rings is 1. The highest BCUT2D eigenvalue weighted by Crippen LogP contribution is 2.22. The average molecular weight is 335 g/mol. The summed E-state index contributed by atoms with van der Waals surface area (Å²) in [5.74, 6) is 0.311. The number of carbonyl (C=O) groups is 2. The molecule has 1 unspecified atom stereocenters. The molecule has 0 spiro atoms. The number of likely N-dealkylation sites (N-methyl/N-ethyl adjacent to an activating group) is 1. The van der Waals surface area contributed by atoms with Crippen molar-refractivity contribution in [3.05, 3.63) is 21.9 Å². The Balaban J connectivity index is 1.51. The Bertz CT molecular complexity index is 578. The Kier molecular flexibility index (Phi) is 5.02. The molecule has 1 N–H and O–H groups in total. The minimum Gasteiger partial charge on any atom is -0.349 e. The normalized spacial score (nSPS) is 23.5. The van der Waals surface area contributed by atoms with Gasteiger partial charge in [-0.15, -0.1) is 11.3 Å². The highest BCUT2D eigenvalue weighted by molar-refractivity contribution is 7.12. The molecule has 0 saturated carbocycles. The summed E-state index contributed by atoms with van der Waals surface area (Å²) in [6, 6.07) is 2.31. The van der Waals surface area contributed by atoms with E-state index in [1.54, 1.807) is 0 Å². The largest absolute Gasteiger partial charge is 0.349 e. The summed E-state index contributed by atoms with van der Waals surface area (Å²) in [5, 5.41) is 5.16. The van der Waals surface area contributed by atoms with Gasteiger partial charge < -0.3 is 10.2 Å². The summed E-state index contributed by atoms with van der Waals surface area (Å²) < 4.78 is 0. The number of carbonyl (C=O) groups excluding carboxylic acids is 2. The second-order valence-corrected chi connectivity index (χ2v) is 7.39. The number of nitrogens with one attached hydrogen (secondary N) is 1. The number of hydrogen-bond donors (Lipinski definition) is 1. The first kappa shape index (κ1) is 16.5. The van der Waals surface area contributed by atoms with Crippen molar-refractivity contribution in [3.8, 4) is 0 Å². The molecule has 126 valence electrons. The monoisotopic (exact) mass is 335 g/mol. The maximum Gasteiger partial charge on any atom is 0.261 e. The van der Waals surface area contributed by atoms with E-state index in [0.29, 0.717) is 0 Å². The number of hydrogen-bond acceptors (Lipinski definition) is 4. The van der Waals surface area contributed by atoms with Crippen LogP contribution in [0.5, 0.6) is 0 Å².